The van der Waals surface area contributed by atoms with E-state index in [4.69, 9.17) is 5.14 Å². The zero-order valence-corrected chi connectivity index (χ0v) is 14.7. The fraction of sp³-hybridized carbons (Fsp3) is 0.278. The number of hydrogen-bond donors (Lipinski definition) is 1. The summed E-state index contributed by atoms with van der Waals surface area (Å²) in [5, 5.41) is 5.16. The van der Waals surface area contributed by atoms with Gasteiger partial charge in [-0.25, -0.2) is 13.6 Å². The van der Waals surface area contributed by atoms with E-state index in [0.717, 1.165) is 24.8 Å². The maximum atomic E-state index is 12.8. The van der Waals surface area contributed by atoms with Crippen molar-refractivity contribution in [2.75, 3.05) is 11.9 Å². The highest BCUT2D eigenvalue weighted by molar-refractivity contribution is 7.89. The summed E-state index contributed by atoms with van der Waals surface area (Å²) in [5.41, 5.74) is 2.12. The number of benzene rings is 2. The molecule has 0 unspecified atom stereocenters. The number of nitrogens with two attached hydrogens (primary N) is 1. The van der Waals surface area contributed by atoms with Crippen molar-refractivity contribution in [1.29, 1.82) is 0 Å². The van der Waals surface area contributed by atoms with E-state index in [0.29, 0.717) is 11.3 Å². The summed E-state index contributed by atoms with van der Waals surface area (Å²) < 4.78 is 23.0. The predicted octanol–water partition coefficient (Wildman–Crippen LogP) is 2.95. The molecular weight excluding hydrogens is 324 g/mol. The molecule has 0 aliphatic heterocycles. The zero-order valence-electron chi connectivity index (χ0n) is 13.9. The van der Waals surface area contributed by atoms with E-state index >= 15 is 0 Å². The first-order chi connectivity index (χ1) is 11.3. The molecule has 0 aromatic heterocycles. The molecule has 0 saturated carbocycles. The molecule has 0 fully saturated rings. The van der Waals surface area contributed by atoms with Gasteiger partial charge in [0, 0.05) is 18.3 Å². The lowest BCUT2D eigenvalue weighted by atomic mass is 10.0. The van der Waals surface area contributed by atoms with Gasteiger partial charge in [-0.3, -0.25) is 4.79 Å². The summed E-state index contributed by atoms with van der Waals surface area (Å²) in [4.78, 5) is 14.3. The maximum Gasteiger partial charge on any atom is 0.258 e. The molecule has 24 heavy (non-hydrogen) atoms. The van der Waals surface area contributed by atoms with Gasteiger partial charge >= 0.3 is 0 Å². The molecule has 0 saturated heterocycles. The van der Waals surface area contributed by atoms with Crippen molar-refractivity contribution < 1.29 is 13.2 Å². The highest BCUT2D eigenvalue weighted by Crippen LogP contribution is 2.21. The quantitative estimate of drug-likeness (QED) is 0.873. The monoisotopic (exact) mass is 346 g/mol. The normalized spacial score (nSPS) is 11.3. The third-order valence-electron chi connectivity index (χ3n) is 3.89. The van der Waals surface area contributed by atoms with Gasteiger partial charge in [-0.15, -0.1) is 0 Å². The van der Waals surface area contributed by atoms with Gasteiger partial charge in [0.1, 0.15) is 0 Å². The lowest BCUT2D eigenvalue weighted by Crippen LogP contribution is -2.27. The lowest BCUT2D eigenvalue weighted by Gasteiger charge is -2.20. The number of anilines is 1. The number of carbonyl (C=O) groups excluding carboxylic acids is 1. The number of aryl methyl sites for hydroxylation is 1. The van der Waals surface area contributed by atoms with Crippen LogP contribution in [0.4, 0.5) is 5.69 Å². The highest BCUT2D eigenvalue weighted by Gasteiger charge is 2.18. The molecule has 0 spiro atoms. The van der Waals surface area contributed by atoms with Gasteiger partial charge in [-0.2, -0.15) is 0 Å². The molecule has 0 aliphatic carbocycles. The number of primary sulfonamides is 1. The van der Waals surface area contributed by atoms with E-state index in [9.17, 15) is 13.2 Å². The topological polar surface area (TPSA) is 80.5 Å². The largest absolute Gasteiger partial charge is 0.311 e. The molecule has 0 radical (unpaired) electrons. The fourth-order valence-corrected chi connectivity index (χ4v) is 3.03. The Morgan fingerprint density at radius 1 is 1.12 bits per heavy atom. The van der Waals surface area contributed by atoms with Crippen molar-refractivity contribution in [3.8, 4) is 0 Å². The summed E-state index contributed by atoms with van der Waals surface area (Å²) in [6.07, 6.45) is 2.90. The molecule has 1 amide bonds. The molecule has 6 heteroatoms. The minimum Gasteiger partial charge on any atom is -0.311 e. The predicted molar refractivity (Wildman–Crippen MR) is 95.6 cm³/mol. The van der Waals surface area contributed by atoms with Crippen molar-refractivity contribution in [1.82, 2.24) is 0 Å². The Morgan fingerprint density at radius 2 is 1.83 bits per heavy atom. The molecule has 2 N–H and O–H groups in total. The van der Waals surface area contributed by atoms with Crippen molar-refractivity contribution >= 4 is 21.6 Å². The van der Waals surface area contributed by atoms with E-state index in [2.05, 4.69) is 6.92 Å². The van der Waals surface area contributed by atoms with Crippen LogP contribution in [0.3, 0.4) is 0 Å². The number of nitrogens with zero attached hydrogens (tertiary/aromatic N) is 1. The first kappa shape index (κ1) is 18.2. The maximum absolute atomic E-state index is 12.8. The molecule has 2 rings (SSSR count). The second-order valence-electron chi connectivity index (χ2n) is 5.67. The second-order valence-corrected chi connectivity index (χ2v) is 7.23. The third kappa shape index (κ3) is 4.21. The lowest BCUT2D eigenvalue weighted by molar-refractivity contribution is 0.0992. The fourth-order valence-electron chi connectivity index (χ4n) is 2.48. The van der Waals surface area contributed by atoms with Gasteiger partial charge in [0.05, 0.1) is 4.90 Å². The Labute approximate surface area is 143 Å². The summed E-state index contributed by atoms with van der Waals surface area (Å²) in [5.74, 6) is -0.173. The van der Waals surface area contributed by atoms with Crippen molar-refractivity contribution in [3.63, 3.8) is 0 Å². The molecule has 0 aliphatic rings. The van der Waals surface area contributed by atoms with Crippen LogP contribution in [0.1, 0.15) is 35.7 Å². The van der Waals surface area contributed by atoms with Crippen LogP contribution in [0.25, 0.3) is 0 Å². The first-order valence-electron chi connectivity index (χ1n) is 7.83. The summed E-state index contributed by atoms with van der Waals surface area (Å²) in [6, 6.07) is 13.6. The summed E-state index contributed by atoms with van der Waals surface area (Å²) in [7, 11) is -2.18. The van der Waals surface area contributed by atoms with Crippen LogP contribution in [0.2, 0.25) is 0 Å². The van der Waals surface area contributed by atoms with Crippen LogP contribution < -0.4 is 10.0 Å². The SMILES string of the molecule is CCCCc1ccccc1C(=O)N(C)c1cccc(S(N)(=O)=O)c1. The highest BCUT2D eigenvalue weighted by atomic mass is 32.2. The molecule has 128 valence electrons. The average molecular weight is 346 g/mol. The Hall–Kier alpha value is -2.18. The number of hydrogen-bond acceptors (Lipinski definition) is 3. The molecule has 0 bridgehead atoms. The van der Waals surface area contributed by atoms with Crippen LogP contribution in [-0.4, -0.2) is 21.4 Å². The molecule has 0 heterocycles. The third-order valence-corrected chi connectivity index (χ3v) is 4.80. The molecule has 5 nitrogen and oxygen atoms in total. The van der Waals surface area contributed by atoms with E-state index in [1.165, 1.54) is 17.0 Å². The van der Waals surface area contributed by atoms with Crippen LogP contribution in [0.5, 0.6) is 0 Å². The Bertz CT molecular complexity index is 832. The average Bonchev–Trinajstić information content (AvgIpc) is 2.58. The minimum atomic E-state index is -3.81. The Morgan fingerprint density at radius 3 is 2.50 bits per heavy atom. The smallest absolute Gasteiger partial charge is 0.258 e. The Kier molecular flexibility index (Phi) is 5.75. The van der Waals surface area contributed by atoms with Gasteiger partial charge < -0.3 is 4.90 Å². The summed E-state index contributed by atoms with van der Waals surface area (Å²) in [6.45, 7) is 2.11. The molecule has 2 aromatic rings. The van der Waals surface area contributed by atoms with Gasteiger partial charge in [0.15, 0.2) is 0 Å². The zero-order chi connectivity index (χ0) is 17.7. The van der Waals surface area contributed by atoms with Crippen molar-refractivity contribution in [3.05, 3.63) is 59.7 Å². The van der Waals surface area contributed by atoms with E-state index in [1.807, 2.05) is 18.2 Å². The van der Waals surface area contributed by atoms with Crippen LogP contribution in [-0.2, 0) is 16.4 Å². The van der Waals surface area contributed by atoms with E-state index in [1.54, 1.807) is 25.2 Å². The van der Waals surface area contributed by atoms with Gasteiger partial charge in [0.25, 0.3) is 5.91 Å². The standard InChI is InChI=1S/C18H22N2O3S/c1-3-4-8-14-9-5-6-12-17(14)18(21)20(2)15-10-7-11-16(13-15)24(19,22)23/h5-7,9-13H,3-4,8H2,1-2H3,(H2,19,22,23). The van der Waals surface area contributed by atoms with Gasteiger partial charge in [0.2, 0.25) is 10.0 Å². The first-order valence-corrected chi connectivity index (χ1v) is 9.38. The minimum absolute atomic E-state index is 0.0149. The van der Waals surface area contributed by atoms with E-state index in [-0.39, 0.29) is 10.8 Å². The number of carbonyl (C=O) groups is 1. The molecule has 0 atom stereocenters. The van der Waals surface area contributed by atoms with Crippen molar-refractivity contribution in [2.45, 2.75) is 31.1 Å². The van der Waals surface area contributed by atoms with Gasteiger partial charge in [-0.1, -0.05) is 37.6 Å². The summed E-state index contributed by atoms with van der Waals surface area (Å²) >= 11 is 0. The second kappa shape index (κ2) is 7.59. The van der Waals surface area contributed by atoms with Crippen molar-refractivity contribution in [2.24, 2.45) is 5.14 Å². The number of rotatable bonds is 6. The Balaban J connectivity index is 2.34. The van der Waals surface area contributed by atoms with Crippen LogP contribution in [0, 0.1) is 0 Å². The van der Waals surface area contributed by atoms with Crippen LogP contribution in [0.15, 0.2) is 53.4 Å². The van der Waals surface area contributed by atoms with Gasteiger partial charge in [-0.05, 0) is 42.7 Å². The van der Waals surface area contributed by atoms with Crippen LogP contribution >= 0.6 is 0 Å². The molecular formula is C18H22N2O3S. The number of unbranched alkanes of at least 4 members (excludes halogenated alkanes) is 1. The molecule has 2 aromatic carbocycles. The number of sulfonamides is 1. The number of amides is 1. The van der Waals surface area contributed by atoms with E-state index < -0.39 is 10.0 Å².